The molecule has 0 saturated carbocycles. The van der Waals surface area contributed by atoms with Crippen LogP contribution in [0.5, 0.6) is 0 Å². The number of halogens is 1. The van der Waals surface area contributed by atoms with Crippen LogP contribution in [0.4, 0.5) is 0 Å². The summed E-state index contributed by atoms with van der Waals surface area (Å²) >= 11 is 8.04. The molecule has 1 aliphatic rings. The highest BCUT2D eigenvalue weighted by Crippen LogP contribution is 2.34. The Hall–Kier alpha value is -1.69. The zero-order chi connectivity index (χ0) is 15.8. The fraction of sp³-hybridized carbons (Fsp3) is 0.294. The van der Waals surface area contributed by atoms with Crippen molar-refractivity contribution in [2.24, 2.45) is 0 Å². The lowest BCUT2D eigenvalue weighted by atomic mass is 10.0. The molecule has 4 rings (SSSR count). The molecule has 23 heavy (non-hydrogen) atoms. The summed E-state index contributed by atoms with van der Waals surface area (Å²) in [5, 5.41) is 11.1. The number of aromatic nitrogens is 2. The molecule has 0 fully saturated rings. The molecule has 0 spiro atoms. The second-order valence-corrected chi connectivity index (χ2v) is 7.08. The highest BCUT2D eigenvalue weighted by atomic mass is 35.5. The van der Waals surface area contributed by atoms with E-state index >= 15 is 0 Å². The van der Waals surface area contributed by atoms with Crippen LogP contribution in [0.3, 0.4) is 0 Å². The van der Waals surface area contributed by atoms with Gasteiger partial charge in [-0.1, -0.05) is 23.7 Å². The molecule has 3 aromatic rings. The fourth-order valence-electron chi connectivity index (χ4n) is 3.01. The van der Waals surface area contributed by atoms with Gasteiger partial charge in [0.1, 0.15) is 0 Å². The smallest absolute Gasteiger partial charge is 0.249 e. The Kier molecular flexibility index (Phi) is 3.93. The van der Waals surface area contributed by atoms with Gasteiger partial charge in [-0.15, -0.1) is 21.5 Å². The topological polar surface area (TPSA) is 42.2 Å². The van der Waals surface area contributed by atoms with E-state index in [1.807, 2.05) is 35.6 Å². The molecule has 0 aliphatic carbocycles. The van der Waals surface area contributed by atoms with Crippen LogP contribution < -0.4 is 0 Å². The Morgan fingerprint density at radius 1 is 1.30 bits per heavy atom. The van der Waals surface area contributed by atoms with Gasteiger partial charge in [-0.3, -0.25) is 4.90 Å². The summed E-state index contributed by atoms with van der Waals surface area (Å²) in [4.78, 5) is 3.87. The number of hydrogen-bond donors (Lipinski definition) is 0. The molecule has 1 aliphatic heterocycles. The average molecular weight is 346 g/mol. The van der Waals surface area contributed by atoms with Crippen LogP contribution in [-0.2, 0) is 13.0 Å². The van der Waals surface area contributed by atoms with Crippen molar-refractivity contribution >= 4 is 22.9 Å². The van der Waals surface area contributed by atoms with Crippen LogP contribution in [0.15, 0.2) is 40.1 Å². The monoisotopic (exact) mass is 345 g/mol. The Morgan fingerprint density at radius 3 is 3.04 bits per heavy atom. The van der Waals surface area contributed by atoms with Gasteiger partial charge in [0.05, 0.1) is 17.1 Å². The van der Waals surface area contributed by atoms with E-state index in [1.54, 1.807) is 0 Å². The number of benzene rings is 1. The second-order valence-electron chi connectivity index (χ2n) is 5.68. The summed E-state index contributed by atoms with van der Waals surface area (Å²) in [5.74, 6) is 1.11. The van der Waals surface area contributed by atoms with Crippen molar-refractivity contribution in [2.45, 2.75) is 25.9 Å². The Labute approximate surface area is 143 Å². The number of hydrogen-bond acceptors (Lipinski definition) is 5. The van der Waals surface area contributed by atoms with E-state index in [9.17, 15) is 0 Å². The number of nitrogens with zero attached hydrogens (tertiary/aromatic N) is 3. The van der Waals surface area contributed by atoms with Gasteiger partial charge in [0.15, 0.2) is 0 Å². The Balaban J connectivity index is 1.54. The quantitative estimate of drug-likeness (QED) is 0.697. The van der Waals surface area contributed by atoms with E-state index in [1.165, 1.54) is 10.4 Å². The lowest BCUT2D eigenvalue weighted by Gasteiger charge is -2.32. The molecule has 1 atom stereocenters. The Morgan fingerprint density at radius 2 is 2.17 bits per heavy atom. The zero-order valence-corrected chi connectivity index (χ0v) is 14.3. The summed E-state index contributed by atoms with van der Waals surface area (Å²) in [6, 6.07) is 10.1. The van der Waals surface area contributed by atoms with Gasteiger partial charge in [-0.2, -0.15) is 0 Å². The minimum absolute atomic E-state index is 0.376. The molecule has 6 heteroatoms. The van der Waals surface area contributed by atoms with E-state index < -0.39 is 0 Å². The molecule has 4 nitrogen and oxygen atoms in total. The second kappa shape index (κ2) is 6.07. The molecule has 0 N–H and O–H groups in total. The number of rotatable bonds is 3. The minimum Gasteiger partial charge on any atom is -0.419 e. The van der Waals surface area contributed by atoms with Gasteiger partial charge in [0, 0.05) is 17.5 Å². The highest BCUT2D eigenvalue weighted by Gasteiger charge is 2.26. The molecule has 1 aromatic carbocycles. The summed E-state index contributed by atoms with van der Waals surface area (Å²) in [5.41, 5.74) is 2.20. The zero-order valence-electron chi connectivity index (χ0n) is 12.7. The highest BCUT2D eigenvalue weighted by molar-refractivity contribution is 7.10. The lowest BCUT2D eigenvalue weighted by Crippen LogP contribution is -2.32. The van der Waals surface area contributed by atoms with Crippen LogP contribution >= 0.6 is 22.9 Å². The third-order valence-corrected chi connectivity index (χ3v) is 5.64. The molecule has 3 heterocycles. The van der Waals surface area contributed by atoms with Crippen molar-refractivity contribution in [1.82, 2.24) is 15.1 Å². The van der Waals surface area contributed by atoms with Crippen molar-refractivity contribution in [1.29, 1.82) is 0 Å². The molecule has 0 unspecified atom stereocenters. The standard InChI is InChI=1S/C17H16ClN3OS/c1-11-12-7-9-23-15(12)6-8-21(11)10-16-19-20-17(22-16)13-4-2-3-5-14(13)18/h2-5,7,9,11H,6,8,10H2,1H3/t11-/m0/s1. The van der Waals surface area contributed by atoms with Crippen molar-refractivity contribution < 1.29 is 4.42 Å². The van der Waals surface area contributed by atoms with Crippen molar-refractivity contribution in [2.75, 3.05) is 6.54 Å². The van der Waals surface area contributed by atoms with Gasteiger partial charge in [-0.25, -0.2) is 0 Å². The molecule has 0 radical (unpaired) electrons. The minimum atomic E-state index is 0.376. The first-order chi connectivity index (χ1) is 11.2. The fourth-order valence-corrected chi connectivity index (χ4v) is 4.19. The van der Waals surface area contributed by atoms with E-state index in [4.69, 9.17) is 16.0 Å². The van der Waals surface area contributed by atoms with Crippen LogP contribution in [0, 0.1) is 0 Å². The van der Waals surface area contributed by atoms with Crippen LogP contribution in [0.25, 0.3) is 11.5 Å². The van der Waals surface area contributed by atoms with Gasteiger partial charge in [0.25, 0.3) is 0 Å². The Bertz CT molecular complexity index is 829. The van der Waals surface area contributed by atoms with Crippen molar-refractivity contribution in [3.8, 4) is 11.5 Å². The van der Waals surface area contributed by atoms with Crippen LogP contribution in [0.1, 0.15) is 29.3 Å². The third-order valence-electron chi connectivity index (χ3n) is 4.31. The van der Waals surface area contributed by atoms with Crippen LogP contribution in [0.2, 0.25) is 5.02 Å². The maximum atomic E-state index is 6.19. The van der Waals surface area contributed by atoms with E-state index in [2.05, 4.69) is 33.5 Å². The van der Waals surface area contributed by atoms with Crippen molar-refractivity contribution in [3.63, 3.8) is 0 Å². The predicted molar refractivity (Wildman–Crippen MR) is 91.6 cm³/mol. The SMILES string of the molecule is C[C@H]1c2ccsc2CCN1Cc1nnc(-c2ccccc2Cl)o1. The van der Waals surface area contributed by atoms with E-state index in [0.717, 1.165) is 18.5 Å². The maximum absolute atomic E-state index is 6.19. The van der Waals surface area contributed by atoms with Crippen molar-refractivity contribution in [3.05, 3.63) is 57.1 Å². The van der Waals surface area contributed by atoms with Gasteiger partial charge in [0.2, 0.25) is 11.8 Å². The van der Waals surface area contributed by atoms with Gasteiger partial charge >= 0.3 is 0 Å². The molecule has 0 saturated heterocycles. The average Bonchev–Trinajstić information content (AvgIpc) is 3.20. The molecule has 0 bridgehead atoms. The molecule has 0 amide bonds. The van der Waals surface area contributed by atoms with E-state index in [0.29, 0.717) is 29.4 Å². The summed E-state index contributed by atoms with van der Waals surface area (Å²) in [7, 11) is 0. The number of thiophene rings is 1. The molecular weight excluding hydrogens is 330 g/mol. The largest absolute Gasteiger partial charge is 0.419 e. The van der Waals surface area contributed by atoms with Gasteiger partial charge < -0.3 is 4.42 Å². The summed E-state index contributed by atoms with van der Waals surface area (Å²) < 4.78 is 5.83. The maximum Gasteiger partial charge on any atom is 0.249 e. The van der Waals surface area contributed by atoms with Gasteiger partial charge in [-0.05, 0) is 42.5 Å². The first-order valence-electron chi connectivity index (χ1n) is 7.60. The van der Waals surface area contributed by atoms with Crippen LogP contribution in [-0.4, -0.2) is 21.6 Å². The summed E-state index contributed by atoms with van der Waals surface area (Å²) in [6.07, 6.45) is 1.09. The number of fused-ring (bicyclic) bond motifs is 1. The normalized spacial score (nSPS) is 18.1. The molecular formula is C17H16ClN3OS. The molecule has 118 valence electrons. The summed E-state index contributed by atoms with van der Waals surface area (Å²) in [6.45, 7) is 3.91. The first-order valence-corrected chi connectivity index (χ1v) is 8.86. The predicted octanol–water partition coefficient (Wildman–Crippen LogP) is 4.57. The first kappa shape index (κ1) is 14.9. The lowest BCUT2D eigenvalue weighted by molar-refractivity contribution is 0.174. The molecule has 2 aromatic heterocycles. The third kappa shape index (κ3) is 2.80. The van der Waals surface area contributed by atoms with E-state index in [-0.39, 0.29) is 0 Å².